The van der Waals surface area contributed by atoms with Gasteiger partial charge in [-0.2, -0.15) is 0 Å². The number of hydrogen-bond acceptors (Lipinski definition) is 5. The minimum atomic E-state index is -2.62. The average Bonchev–Trinajstić information content (AvgIpc) is 2.82. The molecule has 6 heteroatoms. The van der Waals surface area contributed by atoms with E-state index in [0.717, 1.165) is 5.56 Å². The van der Waals surface area contributed by atoms with Gasteiger partial charge < -0.3 is 14.3 Å². The van der Waals surface area contributed by atoms with Gasteiger partial charge in [0.25, 0.3) is 8.32 Å². The summed E-state index contributed by atoms with van der Waals surface area (Å²) >= 11 is 0. The van der Waals surface area contributed by atoms with E-state index in [9.17, 15) is 5.11 Å². The maximum absolute atomic E-state index is 10.3. The Morgan fingerprint density at radius 1 is 0.879 bits per heavy atom. The highest BCUT2D eigenvalue weighted by Crippen LogP contribution is 2.37. The molecule has 0 aliphatic carbocycles. The maximum Gasteiger partial charge on any atom is 0.261 e. The Balaban J connectivity index is 1.75. The van der Waals surface area contributed by atoms with Crippen LogP contribution in [0.5, 0.6) is 11.6 Å². The highest BCUT2D eigenvalue weighted by molar-refractivity contribution is 6.99. The SMILES string of the molecule is COc1cc(CCO[Si](c2ccccc2)(c2ccccc2)C(C)(C)C)c2nccc(O)c2n1. The second-order valence-electron chi connectivity index (χ2n) is 9.11. The summed E-state index contributed by atoms with van der Waals surface area (Å²) in [5.41, 5.74) is 2.05. The van der Waals surface area contributed by atoms with Crippen molar-refractivity contribution in [3.8, 4) is 11.6 Å². The van der Waals surface area contributed by atoms with Crippen LogP contribution >= 0.6 is 0 Å². The summed E-state index contributed by atoms with van der Waals surface area (Å²) in [6.07, 6.45) is 2.22. The minimum Gasteiger partial charge on any atom is -0.506 e. The predicted molar refractivity (Wildman–Crippen MR) is 135 cm³/mol. The summed E-state index contributed by atoms with van der Waals surface area (Å²) in [6, 6.07) is 24.6. The fourth-order valence-electron chi connectivity index (χ4n) is 4.52. The topological polar surface area (TPSA) is 64.5 Å². The molecule has 5 nitrogen and oxygen atoms in total. The van der Waals surface area contributed by atoms with E-state index in [1.807, 2.05) is 18.2 Å². The molecule has 0 amide bonds. The van der Waals surface area contributed by atoms with Gasteiger partial charge in [0, 0.05) is 24.9 Å². The van der Waals surface area contributed by atoms with Crippen LogP contribution in [0.25, 0.3) is 11.0 Å². The average molecular weight is 459 g/mol. The van der Waals surface area contributed by atoms with Crippen molar-refractivity contribution in [2.24, 2.45) is 0 Å². The molecule has 0 aliphatic heterocycles. The molecule has 0 saturated heterocycles. The lowest BCUT2D eigenvalue weighted by Crippen LogP contribution is -2.66. The largest absolute Gasteiger partial charge is 0.506 e. The molecule has 0 spiro atoms. The Hall–Kier alpha value is -3.22. The molecule has 0 fully saturated rings. The van der Waals surface area contributed by atoms with Crippen molar-refractivity contribution in [3.05, 3.63) is 84.6 Å². The number of methoxy groups -OCH3 is 1. The number of pyridine rings is 2. The number of hydrogen-bond donors (Lipinski definition) is 1. The van der Waals surface area contributed by atoms with Gasteiger partial charge in [0.15, 0.2) is 0 Å². The number of rotatable bonds is 7. The van der Waals surface area contributed by atoms with Gasteiger partial charge >= 0.3 is 0 Å². The van der Waals surface area contributed by atoms with Gasteiger partial charge in [-0.15, -0.1) is 0 Å². The van der Waals surface area contributed by atoms with Crippen LogP contribution in [-0.2, 0) is 10.8 Å². The molecule has 0 aliphatic rings. The standard InChI is InChI=1S/C27H30N2O3Si/c1-27(2,3)33(21-11-7-5-8-12-21,22-13-9-6-10-14-22)32-18-16-20-19-24(31-4)29-26-23(30)15-17-28-25(20)26/h5-15,17,19H,16,18H2,1-4H3,(H,28,30). The van der Waals surface area contributed by atoms with E-state index in [4.69, 9.17) is 9.16 Å². The van der Waals surface area contributed by atoms with Crippen LogP contribution in [0.15, 0.2) is 79.0 Å². The summed E-state index contributed by atoms with van der Waals surface area (Å²) < 4.78 is 12.4. The summed E-state index contributed by atoms with van der Waals surface area (Å²) in [5.74, 6) is 0.541. The number of aromatic hydroxyl groups is 1. The molecule has 1 N–H and O–H groups in total. The molecule has 2 heterocycles. The summed E-state index contributed by atoms with van der Waals surface area (Å²) in [4.78, 5) is 8.85. The Bertz CT molecular complexity index is 1190. The summed E-state index contributed by atoms with van der Waals surface area (Å²) in [7, 11) is -1.05. The van der Waals surface area contributed by atoms with Gasteiger partial charge in [-0.25, -0.2) is 4.98 Å². The number of nitrogens with zero attached hydrogens (tertiary/aromatic N) is 2. The van der Waals surface area contributed by atoms with Gasteiger partial charge in [-0.1, -0.05) is 81.4 Å². The van der Waals surface area contributed by atoms with Gasteiger partial charge in [0.2, 0.25) is 5.88 Å². The van der Waals surface area contributed by atoms with Crippen LogP contribution < -0.4 is 15.1 Å². The van der Waals surface area contributed by atoms with Crippen molar-refractivity contribution in [1.29, 1.82) is 0 Å². The zero-order valence-corrected chi connectivity index (χ0v) is 20.6. The maximum atomic E-state index is 10.3. The molecule has 0 unspecified atom stereocenters. The highest BCUT2D eigenvalue weighted by atomic mass is 28.4. The van der Waals surface area contributed by atoms with Crippen LogP contribution in [0.4, 0.5) is 0 Å². The van der Waals surface area contributed by atoms with Crippen molar-refractivity contribution in [2.45, 2.75) is 32.2 Å². The van der Waals surface area contributed by atoms with Crippen molar-refractivity contribution in [1.82, 2.24) is 9.97 Å². The third-order valence-electron chi connectivity index (χ3n) is 6.04. The highest BCUT2D eigenvalue weighted by Gasteiger charge is 2.50. The van der Waals surface area contributed by atoms with Crippen molar-refractivity contribution in [3.63, 3.8) is 0 Å². The minimum absolute atomic E-state index is 0.0908. The second kappa shape index (κ2) is 9.33. The van der Waals surface area contributed by atoms with Crippen LogP contribution in [-0.4, -0.2) is 37.1 Å². The zero-order chi connectivity index (χ0) is 23.5. The van der Waals surface area contributed by atoms with E-state index >= 15 is 0 Å². The van der Waals surface area contributed by atoms with Crippen molar-refractivity contribution >= 4 is 29.7 Å². The third kappa shape index (κ3) is 4.36. The molecule has 2 aromatic carbocycles. The lowest BCUT2D eigenvalue weighted by atomic mass is 10.1. The first-order valence-corrected chi connectivity index (χ1v) is 13.0. The monoisotopic (exact) mass is 458 g/mol. The Morgan fingerprint density at radius 2 is 1.48 bits per heavy atom. The molecule has 0 atom stereocenters. The van der Waals surface area contributed by atoms with Crippen molar-refractivity contribution < 1.29 is 14.3 Å². The first-order valence-electron chi connectivity index (χ1n) is 11.1. The quantitative estimate of drug-likeness (QED) is 0.414. The molecule has 4 aromatic rings. The molecule has 0 saturated carbocycles. The molecule has 4 rings (SSSR count). The Labute approximate surface area is 196 Å². The fraction of sp³-hybridized carbons (Fsp3) is 0.259. The Morgan fingerprint density at radius 3 is 2.03 bits per heavy atom. The molecule has 0 radical (unpaired) electrons. The molecule has 0 bridgehead atoms. The van der Waals surface area contributed by atoms with Gasteiger partial charge in [0.05, 0.1) is 12.6 Å². The van der Waals surface area contributed by atoms with E-state index in [0.29, 0.717) is 29.9 Å². The predicted octanol–water partition coefficient (Wildman–Crippen LogP) is 4.46. The first-order chi connectivity index (χ1) is 15.9. The lowest BCUT2D eigenvalue weighted by molar-refractivity contribution is 0.302. The Kier molecular flexibility index (Phi) is 6.49. The lowest BCUT2D eigenvalue weighted by Gasteiger charge is -2.43. The van der Waals surface area contributed by atoms with E-state index in [-0.39, 0.29) is 10.8 Å². The van der Waals surface area contributed by atoms with Crippen LogP contribution in [0.1, 0.15) is 26.3 Å². The number of fused-ring (bicyclic) bond motifs is 1. The van der Waals surface area contributed by atoms with Gasteiger partial charge in [-0.3, -0.25) is 4.98 Å². The van der Waals surface area contributed by atoms with E-state index in [1.54, 1.807) is 13.3 Å². The first kappa shape index (κ1) is 23.0. The van der Waals surface area contributed by atoms with Crippen molar-refractivity contribution in [2.75, 3.05) is 13.7 Å². The van der Waals surface area contributed by atoms with Crippen LogP contribution in [0.3, 0.4) is 0 Å². The smallest absolute Gasteiger partial charge is 0.261 e. The van der Waals surface area contributed by atoms with Crippen LogP contribution in [0.2, 0.25) is 5.04 Å². The number of benzene rings is 2. The van der Waals surface area contributed by atoms with Gasteiger partial charge in [-0.05, 0) is 27.4 Å². The third-order valence-corrected chi connectivity index (χ3v) is 11.1. The number of ether oxygens (including phenoxy) is 1. The second-order valence-corrected chi connectivity index (χ2v) is 13.4. The number of aromatic nitrogens is 2. The molecule has 170 valence electrons. The normalized spacial score (nSPS) is 12.1. The summed E-state index contributed by atoms with van der Waals surface area (Å²) in [5, 5.41) is 12.7. The zero-order valence-electron chi connectivity index (χ0n) is 19.6. The van der Waals surface area contributed by atoms with E-state index in [1.165, 1.54) is 16.4 Å². The van der Waals surface area contributed by atoms with E-state index in [2.05, 4.69) is 79.3 Å². The molecular formula is C27H30N2O3Si. The van der Waals surface area contributed by atoms with Gasteiger partial charge in [0.1, 0.15) is 11.3 Å². The molecule has 2 aromatic heterocycles. The van der Waals surface area contributed by atoms with E-state index < -0.39 is 8.32 Å². The fourth-order valence-corrected chi connectivity index (χ4v) is 9.08. The molecule has 33 heavy (non-hydrogen) atoms. The van der Waals surface area contributed by atoms with Crippen LogP contribution in [0, 0.1) is 0 Å². The summed E-state index contributed by atoms with van der Waals surface area (Å²) in [6.45, 7) is 7.31. The molecular weight excluding hydrogens is 428 g/mol.